The maximum absolute atomic E-state index is 11.0. The van der Waals surface area contributed by atoms with Gasteiger partial charge in [-0.05, 0) is 28.6 Å². The number of carbonyl (C=O) groups is 1. The maximum Gasteiger partial charge on any atom is 0.221 e. The average molecular weight is 275 g/mol. The van der Waals surface area contributed by atoms with E-state index < -0.39 is 0 Å². The van der Waals surface area contributed by atoms with Gasteiger partial charge in [-0.1, -0.05) is 23.9 Å². The third-order valence-corrected chi connectivity index (χ3v) is 3.10. The summed E-state index contributed by atoms with van der Waals surface area (Å²) in [6, 6.07) is 7.34. The zero-order valence-electron chi connectivity index (χ0n) is 10.4. The number of tetrazole rings is 1. The molecule has 0 fully saturated rings. The predicted octanol–water partition coefficient (Wildman–Crippen LogP) is 1.90. The lowest BCUT2D eigenvalue weighted by molar-refractivity contribution is -0.114. The van der Waals surface area contributed by atoms with Crippen LogP contribution in [0.25, 0.3) is 5.69 Å². The Hall–Kier alpha value is -2.15. The zero-order chi connectivity index (χ0) is 13.7. The van der Waals surface area contributed by atoms with Gasteiger partial charge in [0.2, 0.25) is 11.1 Å². The number of rotatable bonds is 5. The van der Waals surface area contributed by atoms with E-state index in [1.165, 1.54) is 18.7 Å². The Kier molecular flexibility index (Phi) is 4.30. The number of thioether (sulfide) groups is 1. The smallest absolute Gasteiger partial charge is 0.221 e. The molecular formula is C12H13N5OS. The summed E-state index contributed by atoms with van der Waals surface area (Å²) in [5.74, 6) is 0.612. The summed E-state index contributed by atoms with van der Waals surface area (Å²) in [6.07, 6.45) is 1.79. The largest absolute Gasteiger partial charge is 0.326 e. The van der Waals surface area contributed by atoms with Gasteiger partial charge in [-0.3, -0.25) is 4.79 Å². The first-order chi connectivity index (χ1) is 9.20. The van der Waals surface area contributed by atoms with E-state index in [2.05, 4.69) is 27.4 Å². The number of hydrogen-bond donors (Lipinski definition) is 1. The molecule has 0 atom stereocenters. The highest BCUT2D eigenvalue weighted by atomic mass is 32.2. The topological polar surface area (TPSA) is 72.7 Å². The molecule has 1 amide bonds. The standard InChI is InChI=1S/C12H13N5OS/c1-3-7-19-12-14-15-16-17(12)11-6-4-5-10(8-11)13-9(2)18/h3-6,8H,1,7H2,2H3,(H,13,18). The van der Waals surface area contributed by atoms with Crippen LogP contribution in [0.3, 0.4) is 0 Å². The second-order valence-electron chi connectivity index (χ2n) is 3.70. The van der Waals surface area contributed by atoms with E-state index in [0.29, 0.717) is 10.8 Å². The Morgan fingerprint density at radius 2 is 2.42 bits per heavy atom. The van der Waals surface area contributed by atoms with Crippen LogP contribution in [0, 0.1) is 0 Å². The van der Waals surface area contributed by atoms with Gasteiger partial charge in [0.05, 0.1) is 5.69 Å². The SMILES string of the molecule is C=CCSc1nnnn1-c1cccc(NC(C)=O)c1. The van der Waals surface area contributed by atoms with Crippen LogP contribution in [-0.2, 0) is 4.79 Å². The Morgan fingerprint density at radius 1 is 1.58 bits per heavy atom. The number of nitrogens with one attached hydrogen (secondary N) is 1. The quantitative estimate of drug-likeness (QED) is 0.666. The highest BCUT2D eigenvalue weighted by molar-refractivity contribution is 7.99. The number of hydrogen-bond acceptors (Lipinski definition) is 5. The molecular weight excluding hydrogens is 262 g/mol. The molecule has 1 N–H and O–H groups in total. The minimum absolute atomic E-state index is 0.116. The van der Waals surface area contributed by atoms with E-state index in [1.807, 2.05) is 24.3 Å². The van der Waals surface area contributed by atoms with Gasteiger partial charge in [0, 0.05) is 18.4 Å². The van der Waals surface area contributed by atoms with Crippen molar-refractivity contribution in [2.45, 2.75) is 12.1 Å². The van der Waals surface area contributed by atoms with E-state index in [1.54, 1.807) is 10.8 Å². The Labute approximate surface area is 114 Å². The van der Waals surface area contributed by atoms with Crippen molar-refractivity contribution in [1.82, 2.24) is 20.2 Å². The van der Waals surface area contributed by atoms with E-state index in [9.17, 15) is 4.79 Å². The lowest BCUT2D eigenvalue weighted by Crippen LogP contribution is -2.07. The summed E-state index contributed by atoms with van der Waals surface area (Å²) in [7, 11) is 0. The molecule has 0 saturated carbocycles. The van der Waals surface area contributed by atoms with Crippen LogP contribution in [0.4, 0.5) is 5.69 Å². The molecule has 0 bridgehead atoms. The molecule has 0 saturated heterocycles. The molecule has 2 rings (SSSR count). The average Bonchev–Trinajstić information content (AvgIpc) is 2.84. The van der Waals surface area contributed by atoms with Gasteiger partial charge in [-0.15, -0.1) is 11.7 Å². The fourth-order valence-electron chi connectivity index (χ4n) is 1.48. The van der Waals surface area contributed by atoms with Crippen LogP contribution in [-0.4, -0.2) is 31.9 Å². The molecule has 0 aliphatic rings. The summed E-state index contributed by atoms with van der Waals surface area (Å²) in [4.78, 5) is 11.0. The summed E-state index contributed by atoms with van der Waals surface area (Å²) in [6.45, 7) is 5.13. The van der Waals surface area contributed by atoms with Crippen molar-refractivity contribution in [1.29, 1.82) is 0 Å². The van der Waals surface area contributed by atoms with Crippen LogP contribution < -0.4 is 5.32 Å². The fourth-order valence-corrected chi connectivity index (χ4v) is 2.11. The molecule has 2 aromatic rings. The van der Waals surface area contributed by atoms with E-state index in [4.69, 9.17) is 0 Å². The van der Waals surface area contributed by atoms with Crippen LogP contribution in [0.1, 0.15) is 6.92 Å². The van der Waals surface area contributed by atoms with Crippen LogP contribution in [0.2, 0.25) is 0 Å². The zero-order valence-corrected chi connectivity index (χ0v) is 11.2. The van der Waals surface area contributed by atoms with Crippen molar-refractivity contribution >= 4 is 23.4 Å². The molecule has 0 unspecified atom stereocenters. The van der Waals surface area contributed by atoms with Crippen molar-refractivity contribution < 1.29 is 4.79 Å². The maximum atomic E-state index is 11.0. The Morgan fingerprint density at radius 3 is 3.16 bits per heavy atom. The highest BCUT2D eigenvalue weighted by Crippen LogP contribution is 2.20. The van der Waals surface area contributed by atoms with Crippen LogP contribution >= 0.6 is 11.8 Å². The van der Waals surface area contributed by atoms with Crippen molar-refractivity contribution in [3.63, 3.8) is 0 Å². The first kappa shape index (κ1) is 13.3. The number of nitrogens with zero attached hydrogens (tertiary/aromatic N) is 4. The molecule has 98 valence electrons. The molecule has 0 spiro atoms. The van der Waals surface area contributed by atoms with Crippen molar-refractivity contribution in [2.24, 2.45) is 0 Å². The van der Waals surface area contributed by atoms with Gasteiger partial charge in [0.1, 0.15) is 0 Å². The summed E-state index contributed by atoms with van der Waals surface area (Å²) >= 11 is 1.49. The first-order valence-electron chi connectivity index (χ1n) is 5.61. The molecule has 0 radical (unpaired) electrons. The lowest BCUT2D eigenvalue weighted by Gasteiger charge is -2.06. The second-order valence-corrected chi connectivity index (χ2v) is 4.69. The summed E-state index contributed by atoms with van der Waals surface area (Å²) < 4.78 is 1.62. The van der Waals surface area contributed by atoms with Gasteiger partial charge in [0.25, 0.3) is 0 Å². The van der Waals surface area contributed by atoms with Gasteiger partial charge in [0.15, 0.2) is 0 Å². The van der Waals surface area contributed by atoms with Crippen LogP contribution in [0.15, 0.2) is 42.1 Å². The van der Waals surface area contributed by atoms with Crippen LogP contribution in [0.5, 0.6) is 0 Å². The second kappa shape index (κ2) is 6.14. The normalized spacial score (nSPS) is 10.2. The third-order valence-electron chi connectivity index (χ3n) is 2.18. The van der Waals surface area contributed by atoms with E-state index >= 15 is 0 Å². The number of amides is 1. The molecule has 19 heavy (non-hydrogen) atoms. The van der Waals surface area contributed by atoms with Crippen molar-refractivity contribution in [3.8, 4) is 5.69 Å². The third kappa shape index (κ3) is 3.41. The first-order valence-corrected chi connectivity index (χ1v) is 6.59. The molecule has 7 heteroatoms. The highest BCUT2D eigenvalue weighted by Gasteiger charge is 2.08. The van der Waals surface area contributed by atoms with Gasteiger partial charge in [-0.25, -0.2) is 0 Å². The molecule has 0 aliphatic heterocycles. The molecule has 1 aromatic carbocycles. The van der Waals surface area contributed by atoms with Gasteiger partial charge >= 0.3 is 0 Å². The van der Waals surface area contributed by atoms with Crippen molar-refractivity contribution in [3.05, 3.63) is 36.9 Å². The minimum Gasteiger partial charge on any atom is -0.326 e. The van der Waals surface area contributed by atoms with Gasteiger partial charge < -0.3 is 5.32 Å². The number of aromatic nitrogens is 4. The Bertz CT molecular complexity index is 595. The van der Waals surface area contributed by atoms with E-state index in [0.717, 1.165) is 11.4 Å². The van der Waals surface area contributed by atoms with Gasteiger partial charge in [-0.2, -0.15) is 4.68 Å². The molecule has 0 aliphatic carbocycles. The number of carbonyl (C=O) groups excluding carboxylic acids is 1. The van der Waals surface area contributed by atoms with E-state index in [-0.39, 0.29) is 5.91 Å². The van der Waals surface area contributed by atoms with Crippen molar-refractivity contribution in [2.75, 3.05) is 11.1 Å². The predicted molar refractivity (Wildman–Crippen MR) is 74.4 cm³/mol. The Balaban J connectivity index is 2.28. The molecule has 1 heterocycles. The minimum atomic E-state index is -0.116. The summed E-state index contributed by atoms with van der Waals surface area (Å²) in [5.41, 5.74) is 1.50. The monoisotopic (exact) mass is 275 g/mol. The summed E-state index contributed by atoms with van der Waals surface area (Å²) in [5, 5.41) is 15.0. The molecule has 1 aromatic heterocycles. The fraction of sp³-hybridized carbons (Fsp3) is 0.167. The number of benzene rings is 1. The lowest BCUT2D eigenvalue weighted by atomic mass is 10.3. The molecule has 6 nitrogen and oxygen atoms in total. The number of anilines is 1.